The molecule has 7 heteroatoms. The third-order valence-electron chi connectivity index (χ3n) is 3.02. The largest absolute Gasteiger partial charge is 0.483 e. The van der Waals surface area contributed by atoms with E-state index in [9.17, 15) is 4.79 Å². The topological polar surface area (TPSA) is 71.6 Å². The summed E-state index contributed by atoms with van der Waals surface area (Å²) in [4.78, 5) is 11.7. The SMILES string of the molecule is COC[C@H](C)NC(=S)NNC(=O)COc1cccc(C)c1C. The molecule has 122 valence electrons. The summed E-state index contributed by atoms with van der Waals surface area (Å²) in [6, 6.07) is 5.77. The monoisotopic (exact) mass is 325 g/mol. The van der Waals surface area contributed by atoms with Gasteiger partial charge in [-0.25, -0.2) is 0 Å². The molecule has 1 atom stereocenters. The maximum absolute atomic E-state index is 11.7. The zero-order valence-corrected chi connectivity index (χ0v) is 14.2. The summed E-state index contributed by atoms with van der Waals surface area (Å²) in [5, 5.41) is 3.29. The van der Waals surface area contributed by atoms with Crippen LogP contribution in [0.1, 0.15) is 18.1 Å². The molecule has 0 unspecified atom stereocenters. The Hall–Kier alpha value is -1.86. The van der Waals surface area contributed by atoms with Gasteiger partial charge in [0.1, 0.15) is 5.75 Å². The lowest BCUT2D eigenvalue weighted by molar-refractivity contribution is -0.123. The molecule has 0 saturated carbocycles. The first-order valence-electron chi connectivity index (χ1n) is 6.97. The molecule has 0 aromatic heterocycles. The smallest absolute Gasteiger partial charge is 0.276 e. The Labute approximate surface area is 136 Å². The maximum atomic E-state index is 11.7. The summed E-state index contributed by atoms with van der Waals surface area (Å²) in [7, 11) is 1.61. The van der Waals surface area contributed by atoms with Crippen LogP contribution in [0.4, 0.5) is 0 Å². The summed E-state index contributed by atoms with van der Waals surface area (Å²) < 4.78 is 10.5. The van der Waals surface area contributed by atoms with Crippen LogP contribution in [0.5, 0.6) is 5.75 Å². The van der Waals surface area contributed by atoms with E-state index in [1.54, 1.807) is 7.11 Å². The van der Waals surface area contributed by atoms with Gasteiger partial charge in [-0.05, 0) is 50.2 Å². The first-order valence-corrected chi connectivity index (χ1v) is 7.38. The second-order valence-electron chi connectivity index (χ2n) is 4.99. The molecule has 3 N–H and O–H groups in total. The van der Waals surface area contributed by atoms with Gasteiger partial charge in [-0.1, -0.05) is 12.1 Å². The van der Waals surface area contributed by atoms with Crippen LogP contribution in [-0.4, -0.2) is 37.4 Å². The van der Waals surface area contributed by atoms with Crippen molar-refractivity contribution in [3.63, 3.8) is 0 Å². The van der Waals surface area contributed by atoms with Crippen molar-refractivity contribution in [1.82, 2.24) is 16.2 Å². The predicted octanol–water partition coefficient (Wildman–Crippen LogP) is 1.21. The molecule has 0 saturated heterocycles. The first-order chi connectivity index (χ1) is 10.4. The highest BCUT2D eigenvalue weighted by atomic mass is 32.1. The molecule has 1 aromatic carbocycles. The Kier molecular flexibility index (Phi) is 7.62. The van der Waals surface area contributed by atoms with Gasteiger partial charge in [-0.3, -0.25) is 15.6 Å². The quantitative estimate of drug-likeness (QED) is 0.539. The van der Waals surface area contributed by atoms with E-state index in [0.717, 1.165) is 11.1 Å². The summed E-state index contributed by atoms with van der Waals surface area (Å²) in [6.45, 7) is 6.30. The van der Waals surface area contributed by atoms with Gasteiger partial charge >= 0.3 is 0 Å². The van der Waals surface area contributed by atoms with Gasteiger partial charge in [0.2, 0.25) is 0 Å². The van der Waals surface area contributed by atoms with Gasteiger partial charge in [-0.15, -0.1) is 0 Å². The number of thiocarbonyl (C=S) groups is 1. The molecule has 6 nitrogen and oxygen atoms in total. The molecule has 0 heterocycles. The molecular formula is C15H23N3O3S. The average molecular weight is 325 g/mol. The fourth-order valence-corrected chi connectivity index (χ4v) is 1.99. The van der Waals surface area contributed by atoms with Crippen molar-refractivity contribution in [3.05, 3.63) is 29.3 Å². The highest BCUT2D eigenvalue weighted by Gasteiger charge is 2.07. The van der Waals surface area contributed by atoms with Gasteiger partial charge in [0.05, 0.1) is 6.61 Å². The van der Waals surface area contributed by atoms with E-state index in [1.165, 1.54) is 0 Å². The summed E-state index contributed by atoms with van der Waals surface area (Å²) in [5.41, 5.74) is 7.24. The van der Waals surface area contributed by atoms with Crippen LogP contribution >= 0.6 is 12.2 Å². The van der Waals surface area contributed by atoms with Crippen LogP contribution in [0.2, 0.25) is 0 Å². The van der Waals surface area contributed by atoms with E-state index >= 15 is 0 Å². The number of carbonyl (C=O) groups excluding carboxylic acids is 1. The lowest BCUT2D eigenvalue weighted by atomic mass is 10.1. The van der Waals surface area contributed by atoms with Gasteiger partial charge in [-0.2, -0.15) is 0 Å². The van der Waals surface area contributed by atoms with Crippen molar-refractivity contribution in [2.75, 3.05) is 20.3 Å². The number of hydrogen-bond donors (Lipinski definition) is 3. The number of methoxy groups -OCH3 is 1. The number of amides is 1. The second kappa shape index (κ2) is 9.22. The number of nitrogens with one attached hydrogen (secondary N) is 3. The van der Waals surface area contributed by atoms with E-state index in [-0.39, 0.29) is 18.6 Å². The number of hydrazine groups is 1. The van der Waals surface area contributed by atoms with Crippen molar-refractivity contribution >= 4 is 23.2 Å². The van der Waals surface area contributed by atoms with Crippen LogP contribution in [0, 0.1) is 13.8 Å². The Morgan fingerprint density at radius 1 is 1.32 bits per heavy atom. The number of benzene rings is 1. The average Bonchev–Trinajstić information content (AvgIpc) is 2.47. The van der Waals surface area contributed by atoms with E-state index in [1.807, 2.05) is 39.0 Å². The predicted molar refractivity (Wildman–Crippen MR) is 89.8 cm³/mol. The zero-order valence-electron chi connectivity index (χ0n) is 13.4. The molecular weight excluding hydrogens is 302 g/mol. The van der Waals surface area contributed by atoms with Crippen LogP contribution in [0.25, 0.3) is 0 Å². The van der Waals surface area contributed by atoms with Gasteiger partial charge < -0.3 is 14.8 Å². The molecule has 1 amide bonds. The van der Waals surface area contributed by atoms with E-state index in [0.29, 0.717) is 17.5 Å². The summed E-state index contributed by atoms with van der Waals surface area (Å²) in [6.07, 6.45) is 0. The number of carbonyl (C=O) groups is 1. The number of aryl methyl sites for hydroxylation is 1. The lowest BCUT2D eigenvalue weighted by Gasteiger charge is -2.16. The second-order valence-corrected chi connectivity index (χ2v) is 5.40. The zero-order chi connectivity index (χ0) is 16.5. The van der Waals surface area contributed by atoms with Crippen LogP contribution < -0.4 is 20.9 Å². The molecule has 0 spiro atoms. The Balaban J connectivity index is 2.32. The third-order valence-corrected chi connectivity index (χ3v) is 3.24. The normalized spacial score (nSPS) is 11.5. The number of hydrogen-bond acceptors (Lipinski definition) is 4. The minimum Gasteiger partial charge on any atom is -0.483 e. The standard InChI is InChI=1S/C15H23N3O3S/c1-10-6-5-7-13(12(10)3)21-9-14(19)17-18-15(22)16-11(2)8-20-4/h5-7,11H,8-9H2,1-4H3,(H,17,19)(H2,16,18,22)/t11-/m0/s1. The minimum atomic E-state index is -0.315. The Morgan fingerprint density at radius 2 is 2.05 bits per heavy atom. The summed E-state index contributed by atoms with van der Waals surface area (Å²) >= 11 is 5.05. The van der Waals surface area contributed by atoms with Gasteiger partial charge in [0.25, 0.3) is 5.91 Å². The molecule has 0 fully saturated rings. The van der Waals surface area contributed by atoms with Crippen molar-refractivity contribution in [1.29, 1.82) is 0 Å². The maximum Gasteiger partial charge on any atom is 0.276 e. The van der Waals surface area contributed by atoms with Crippen LogP contribution in [0.3, 0.4) is 0 Å². The van der Waals surface area contributed by atoms with Gasteiger partial charge in [0.15, 0.2) is 11.7 Å². The minimum absolute atomic E-state index is 0.0492. The number of ether oxygens (including phenoxy) is 2. The Bertz CT molecular complexity index is 523. The molecule has 0 radical (unpaired) electrons. The first kappa shape index (κ1) is 18.2. The van der Waals surface area contributed by atoms with Gasteiger partial charge in [0, 0.05) is 13.2 Å². The molecule has 1 rings (SSSR count). The van der Waals surface area contributed by atoms with E-state index < -0.39 is 0 Å². The van der Waals surface area contributed by atoms with E-state index in [4.69, 9.17) is 21.7 Å². The van der Waals surface area contributed by atoms with Crippen molar-refractivity contribution in [3.8, 4) is 5.75 Å². The molecule has 1 aromatic rings. The third kappa shape index (κ3) is 6.28. The van der Waals surface area contributed by atoms with Crippen molar-refractivity contribution in [2.45, 2.75) is 26.8 Å². The summed E-state index contributed by atoms with van der Waals surface area (Å²) in [5.74, 6) is 0.383. The molecule has 0 bridgehead atoms. The van der Waals surface area contributed by atoms with Crippen LogP contribution in [-0.2, 0) is 9.53 Å². The van der Waals surface area contributed by atoms with Crippen molar-refractivity contribution < 1.29 is 14.3 Å². The Morgan fingerprint density at radius 3 is 2.73 bits per heavy atom. The molecule has 0 aliphatic carbocycles. The highest BCUT2D eigenvalue weighted by molar-refractivity contribution is 7.80. The van der Waals surface area contributed by atoms with Crippen molar-refractivity contribution in [2.24, 2.45) is 0 Å². The molecule has 0 aliphatic rings. The van der Waals surface area contributed by atoms with E-state index in [2.05, 4.69) is 16.2 Å². The number of rotatable bonds is 6. The molecule has 22 heavy (non-hydrogen) atoms. The lowest BCUT2D eigenvalue weighted by Crippen LogP contribution is -2.50. The molecule has 0 aliphatic heterocycles. The highest BCUT2D eigenvalue weighted by Crippen LogP contribution is 2.20. The fraction of sp³-hybridized carbons (Fsp3) is 0.467. The fourth-order valence-electron chi connectivity index (χ4n) is 1.74. The van der Waals surface area contributed by atoms with Crippen LogP contribution in [0.15, 0.2) is 18.2 Å².